The number of esters is 1. The van der Waals surface area contributed by atoms with Crippen LogP contribution in [0.1, 0.15) is 39.2 Å². The molecule has 2 aliphatic rings. The summed E-state index contributed by atoms with van der Waals surface area (Å²) < 4.78 is 5.48. The third-order valence-electron chi connectivity index (χ3n) is 5.97. The second-order valence-electron chi connectivity index (χ2n) is 7.34. The number of fused-ring (bicyclic) bond motifs is 2. The number of benzene rings is 1. The Labute approximate surface area is 140 Å². The Morgan fingerprint density at radius 3 is 2.29 bits per heavy atom. The van der Waals surface area contributed by atoms with Crippen LogP contribution < -0.4 is 10.9 Å². The van der Waals surface area contributed by atoms with E-state index in [0.29, 0.717) is 12.8 Å². The van der Waals surface area contributed by atoms with Gasteiger partial charge in [-0.25, -0.2) is 0 Å². The lowest BCUT2D eigenvalue weighted by atomic mass is 9.66. The van der Waals surface area contributed by atoms with E-state index >= 15 is 0 Å². The Bertz CT molecular complexity index is 700. The van der Waals surface area contributed by atoms with Gasteiger partial charge < -0.3 is 4.74 Å². The molecule has 1 saturated carbocycles. The Morgan fingerprint density at radius 2 is 1.75 bits per heavy atom. The topological polar surface area (TPSA) is 84.5 Å². The molecule has 128 valence electrons. The fourth-order valence-corrected chi connectivity index (χ4v) is 3.80. The number of carbonyl (C=O) groups is 3. The van der Waals surface area contributed by atoms with E-state index in [0.717, 1.165) is 5.56 Å². The molecule has 1 aliphatic heterocycles. The van der Waals surface area contributed by atoms with Crippen LogP contribution in [0.25, 0.3) is 0 Å². The molecule has 0 spiro atoms. The summed E-state index contributed by atoms with van der Waals surface area (Å²) in [5.74, 6) is -1.14. The molecule has 2 amide bonds. The van der Waals surface area contributed by atoms with Crippen LogP contribution in [0.5, 0.6) is 0 Å². The molecule has 2 N–H and O–H groups in total. The molecule has 6 heteroatoms. The predicted molar refractivity (Wildman–Crippen MR) is 86.4 cm³/mol. The summed E-state index contributed by atoms with van der Waals surface area (Å²) in [7, 11) is 0. The van der Waals surface area contributed by atoms with Crippen molar-refractivity contribution in [1.82, 2.24) is 10.9 Å². The SMILES string of the molecule is CC1(C)[C@@]2(C)CC[C@]1(C(=O)NNC(=O)Cc1ccccc1)OC2=O. The molecule has 24 heavy (non-hydrogen) atoms. The van der Waals surface area contributed by atoms with Crippen molar-refractivity contribution >= 4 is 17.8 Å². The first-order chi connectivity index (χ1) is 11.2. The second-order valence-corrected chi connectivity index (χ2v) is 7.34. The van der Waals surface area contributed by atoms with E-state index < -0.39 is 22.3 Å². The van der Waals surface area contributed by atoms with Crippen LogP contribution in [0.2, 0.25) is 0 Å². The maximum atomic E-state index is 12.7. The predicted octanol–water partition coefficient (Wildman–Crippen LogP) is 1.50. The molecular formula is C18H22N2O4. The van der Waals surface area contributed by atoms with Crippen molar-refractivity contribution in [2.24, 2.45) is 10.8 Å². The van der Waals surface area contributed by atoms with E-state index in [9.17, 15) is 14.4 Å². The molecule has 6 nitrogen and oxygen atoms in total. The van der Waals surface area contributed by atoms with Gasteiger partial charge in [-0.05, 0) is 25.3 Å². The molecule has 2 fully saturated rings. The van der Waals surface area contributed by atoms with Crippen molar-refractivity contribution in [1.29, 1.82) is 0 Å². The fraction of sp³-hybridized carbons (Fsp3) is 0.500. The standard InChI is InChI=1S/C18H22N2O4/c1-16(2)17(3)9-10-18(16,24-15(17)23)14(22)20-19-13(21)11-12-7-5-4-6-8-12/h4-8H,9-11H2,1-3H3,(H,19,21)(H,20,22)/t17-,18+/m0/s1. The maximum Gasteiger partial charge on any atom is 0.313 e. The average molecular weight is 330 g/mol. The number of hydrogen-bond acceptors (Lipinski definition) is 4. The van der Waals surface area contributed by atoms with E-state index in [4.69, 9.17) is 4.74 Å². The lowest BCUT2D eigenvalue weighted by Gasteiger charge is -2.35. The lowest BCUT2D eigenvalue weighted by Crippen LogP contribution is -2.57. The summed E-state index contributed by atoms with van der Waals surface area (Å²) in [5, 5.41) is 0. The minimum Gasteiger partial charge on any atom is -0.448 e. The zero-order valence-corrected chi connectivity index (χ0v) is 14.1. The van der Waals surface area contributed by atoms with Gasteiger partial charge in [0.15, 0.2) is 5.60 Å². The Kier molecular flexibility index (Phi) is 3.66. The van der Waals surface area contributed by atoms with Crippen LogP contribution in [0.3, 0.4) is 0 Å². The van der Waals surface area contributed by atoms with Crippen molar-refractivity contribution in [2.75, 3.05) is 0 Å². The van der Waals surface area contributed by atoms with Crippen LogP contribution in [-0.4, -0.2) is 23.4 Å². The molecule has 3 rings (SSSR count). The molecule has 1 aliphatic carbocycles. The molecule has 0 unspecified atom stereocenters. The zero-order chi connectivity index (χ0) is 17.6. The molecule has 2 atom stereocenters. The molecule has 2 bridgehead atoms. The number of hydrogen-bond donors (Lipinski definition) is 2. The first kappa shape index (κ1) is 16.5. The quantitative estimate of drug-likeness (QED) is 0.650. The van der Waals surface area contributed by atoms with Crippen LogP contribution in [0, 0.1) is 10.8 Å². The number of nitrogens with one attached hydrogen (secondary N) is 2. The smallest absolute Gasteiger partial charge is 0.313 e. The monoisotopic (exact) mass is 330 g/mol. The second kappa shape index (κ2) is 5.33. The summed E-state index contributed by atoms with van der Waals surface area (Å²) in [6, 6.07) is 9.24. The normalized spacial score (nSPS) is 29.9. The highest BCUT2D eigenvalue weighted by atomic mass is 16.6. The van der Waals surface area contributed by atoms with Gasteiger partial charge >= 0.3 is 5.97 Å². The van der Waals surface area contributed by atoms with Crippen LogP contribution in [-0.2, 0) is 25.5 Å². The van der Waals surface area contributed by atoms with Gasteiger partial charge in [0.25, 0.3) is 5.91 Å². The highest BCUT2D eigenvalue weighted by molar-refractivity contribution is 5.97. The van der Waals surface area contributed by atoms with Crippen LogP contribution in [0.4, 0.5) is 0 Å². The summed E-state index contributed by atoms with van der Waals surface area (Å²) >= 11 is 0. The van der Waals surface area contributed by atoms with Gasteiger partial charge in [-0.2, -0.15) is 0 Å². The van der Waals surface area contributed by atoms with Gasteiger partial charge in [-0.15, -0.1) is 0 Å². The largest absolute Gasteiger partial charge is 0.448 e. The Morgan fingerprint density at radius 1 is 1.08 bits per heavy atom. The minimum atomic E-state index is -1.22. The Hall–Kier alpha value is -2.37. The maximum absolute atomic E-state index is 12.7. The minimum absolute atomic E-state index is 0.162. The average Bonchev–Trinajstić information content (AvgIpc) is 2.84. The number of carbonyl (C=O) groups excluding carboxylic acids is 3. The van der Waals surface area contributed by atoms with Crippen molar-refractivity contribution in [3.63, 3.8) is 0 Å². The van der Waals surface area contributed by atoms with Gasteiger partial charge in [-0.3, -0.25) is 25.2 Å². The van der Waals surface area contributed by atoms with E-state index in [-0.39, 0.29) is 18.3 Å². The number of ether oxygens (including phenoxy) is 1. The molecule has 1 aromatic carbocycles. The summed E-state index contributed by atoms with van der Waals surface area (Å²) in [5.41, 5.74) is 3.19. The Balaban J connectivity index is 1.66. The third kappa shape index (κ3) is 2.12. The summed E-state index contributed by atoms with van der Waals surface area (Å²) in [6.07, 6.45) is 1.22. The van der Waals surface area contributed by atoms with Crippen LogP contribution in [0.15, 0.2) is 30.3 Å². The lowest BCUT2D eigenvalue weighted by molar-refractivity contribution is -0.168. The van der Waals surface area contributed by atoms with Crippen molar-refractivity contribution < 1.29 is 19.1 Å². The number of amides is 2. The number of rotatable bonds is 3. The van der Waals surface area contributed by atoms with E-state index in [1.165, 1.54) is 0 Å². The van der Waals surface area contributed by atoms with Crippen LogP contribution >= 0.6 is 0 Å². The molecule has 0 aromatic heterocycles. The van der Waals surface area contributed by atoms with E-state index in [1.807, 2.05) is 51.1 Å². The van der Waals surface area contributed by atoms with Crippen molar-refractivity contribution in [3.8, 4) is 0 Å². The van der Waals surface area contributed by atoms with E-state index in [1.54, 1.807) is 0 Å². The first-order valence-electron chi connectivity index (χ1n) is 8.10. The molecule has 1 aromatic rings. The zero-order valence-electron chi connectivity index (χ0n) is 14.1. The van der Waals surface area contributed by atoms with Gasteiger partial charge in [0.1, 0.15) is 0 Å². The van der Waals surface area contributed by atoms with E-state index in [2.05, 4.69) is 10.9 Å². The summed E-state index contributed by atoms with van der Waals surface area (Å²) in [4.78, 5) is 36.8. The first-order valence-corrected chi connectivity index (χ1v) is 8.10. The molecule has 0 radical (unpaired) electrons. The van der Waals surface area contributed by atoms with Gasteiger partial charge in [0.2, 0.25) is 5.91 Å². The summed E-state index contributed by atoms with van der Waals surface area (Å²) in [6.45, 7) is 5.58. The molecular weight excluding hydrogens is 308 g/mol. The fourth-order valence-electron chi connectivity index (χ4n) is 3.80. The van der Waals surface area contributed by atoms with Crippen molar-refractivity contribution in [2.45, 2.75) is 45.6 Å². The van der Waals surface area contributed by atoms with Gasteiger partial charge in [0.05, 0.1) is 11.8 Å². The molecule has 1 saturated heterocycles. The molecule has 1 heterocycles. The number of hydrazine groups is 1. The van der Waals surface area contributed by atoms with Gasteiger partial charge in [-0.1, -0.05) is 44.2 Å². The van der Waals surface area contributed by atoms with Crippen molar-refractivity contribution in [3.05, 3.63) is 35.9 Å². The highest BCUT2D eigenvalue weighted by Gasteiger charge is 2.75. The highest BCUT2D eigenvalue weighted by Crippen LogP contribution is 2.65. The third-order valence-corrected chi connectivity index (χ3v) is 5.97. The van der Waals surface area contributed by atoms with Gasteiger partial charge in [0, 0.05) is 5.41 Å².